The molecule has 0 amide bonds. The maximum absolute atomic E-state index is 9.85. The van der Waals surface area contributed by atoms with Gasteiger partial charge in [0.1, 0.15) is 6.04 Å². The smallest absolute Gasteiger partial charge is 1.00 e. The van der Waals surface area contributed by atoms with Crippen molar-refractivity contribution >= 4 is 49.7 Å². The van der Waals surface area contributed by atoms with Crippen LogP contribution < -0.4 is 5.73 Å². The zero-order chi connectivity index (χ0) is 7.44. The minimum absolute atomic E-state index is 0. The molecule has 0 aromatic heterocycles. The standard InChI is InChI=1S/C4H7NO4.Ca.2H/c5-2(4(8)9)1-3(6)7;;;/h2H,1,5H2,(H,6,7)(H,8,9);;;/q;+2;2*-1/t2-;;;/m0.../s1. The van der Waals surface area contributed by atoms with Gasteiger partial charge >= 0.3 is 49.7 Å². The van der Waals surface area contributed by atoms with E-state index in [0.29, 0.717) is 0 Å². The van der Waals surface area contributed by atoms with Crippen LogP contribution in [0.4, 0.5) is 0 Å². The van der Waals surface area contributed by atoms with Gasteiger partial charge in [0.2, 0.25) is 0 Å². The Bertz CT molecular complexity index is 145. The van der Waals surface area contributed by atoms with E-state index in [-0.39, 0.29) is 40.6 Å². The summed E-state index contributed by atoms with van der Waals surface area (Å²) in [5, 5.41) is 16.0. The van der Waals surface area contributed by atoms with E-state index in [0.717, 1.165) is 0 Å². The summed E-state index contributed by atoms with van der Waals surface area (Å²) in [6.45, 7) is 0. The van der Waals surface area contributed by atoms with Gasteiger partial charge in [-0.05, 0) is 0 Å². The molecule has 0 saturated carbocycles. The van der Waals surface area contributed by atoms with Gasteiger partial charge in [0.05, 0.1) is 6.42 Å². The Hall–Kier alpha value is 0.160. The largest absolute Gasteiger partial charge is 2.00 e. The first-order valence-corrected chi connectivity index (χ1v) is 2.24. The second kappa shape index (κ2) is 5.91. The average molecular weight is 175 g/mol. The van der Waals surface area contributed by atoms with Crippen LogP contribution in [-0.4, -0.2) is 65.9 Å². The topological polar surface area (TPSA) is 101 Å². The van der Waals surface area contributed by atoms with E-state index < -0.39 is 24.4 Å². The molecular weight excluding hydrogens is 166 g/mol. The van der Waals surface area contributed by atoms with E-state index in [9.17, 15) is 9.59 Å². The average Bonchev–Trinajstić information content (AvgIpc) is 1.63. The van der Waals surface area contributed by atoms with Crippen molar-refractivity contribution in [2.75, 3.05) is 0 Å². The molecule has 0 rings (SSSR count). The first-order valence-electron chi connectivity index (χ1n) is 2.24. The van der Waals surface area contributed by atoms with Crippen molar-refractivity contribution in [3.63, 3.8) is 0 Å². The zero-order valence-corrected chi connectivity index (χ0v) is 7.49. The van der Waals surface area contributed by atoms with Gasteiger partial charge in [-0.15, -0.1) is 0 Å². The number of nitrogens with two attached hydrogens (primary N) is 1. The SMILES string of the molecule is N[C@@H](CC(=O)O)C(=O)O.[Ca+2].[H-].[H-]. The van der Waals surface area contributed by atoms with Gasteiger partial charge in [-0.25, -0.2) is 0 Å². The molecule has 0 saturated heterocycles. The van der Waals surface area contributed by atoms with Crippen LogP contribution in [0.15, 0.2) is 0 Å². The molecule has 5 nitrogen and oxygen atoms in total. The number of carboxylic acid groups (broad SMARTS) is 2. The van der Waals surface area contributed by atoms with Crippen molar-refractivity contribution in [3.8, 4) is 0 Å². The Kier molecular flexibility index (Phi) is 7.56. The Morgan fingerprint density at radius 3 is 2.00 bits per heavy atom. The molecule has 0 aliphatic rings. The van der Waals surface area contributed by atoms with Crippen molar-refractivity contribution in [3.05, 3.63) is 0 Å². The van der Waals surface area contributed by atoms with Gasteiger partial charge in [0.25, 0.3) is 0 Å². The van der Waals surface area contributed by atoms with Crippen LogP contribution >= 0.6 is 0 Å². The van der Waals surface area contributed by atoms with Crippen LogP contribution in [0.2, 0.25) is 0 Å². The minimum atomic E-state index is -1.29. The number of hydrogen-bond acceptors (Lipinski definition) is 3. The van der Waals surface area contributed by atoms with Crippen molar-refractivity contribution < 1.29 is 22.7 Å². The third-order valence-corrected chi connectivity index (χ3v) is 0.712. The van der Waals surface area contributed by atoms with Gasteiger partial charge in [-0.2, -0.15) is 0 Å². The molecule has 0 aliphatic carbocycles. The Labute approximate surface area is 90.2 Å². The molecule has 0 bridgehead atoms. The van der Waals surface area contributed by atoms with Crippen LogP contribution in [0.25, 0.3) is 0 Å². The van der Waals surface area contributed by atoms with Gasteiger partial charge in [-0.1, -0.05) is 0 Å². The molecule has 1 atom stereocenters. The number of carboxylic acids is 2. The van der Waals surface area contributed by atoms with E-state index in [1.165, 1.54) is 0 Å². The Morgan fingerprint density at radius 1 is 1.50 bits per heavy atom. The Balaban J connectivity index is -0.000000107. The first kappa shape index (κ1) is 12.8. The summed E-state index contributed by atoms with van der Waals surface area (Å²) in [6, 6.07) is -1.29. The predicted molar refractivity (Wildman–Crippen MR) is 35.8 cm³/mol. The fourth-order valence-electron chi connectivity index (χ4n) is 0.275. The van der Waals surface area contributed by atoms with Crippen molar-refractivity contribution in [1.82, 2.24) is 0 Å². The molecule has 4 N–H and O–H groups in total. The van der Waals surface area contributed by atoms with Crippen LogP contribution in [0.5, 0.6) is 0 Å². The normalized spacial score (nSPS) is 11.3. The van der Waals surface area contributed by atoms with E-state index in [1.54, 1.807) is 0 Å². The second-order valence-electron chi connectivity index (χ2n) is 1.54. The first-order chi connectivity index (χ1) is 4.04. The summed E-state index contributed by atoms with van der Waals surface area (Å²) in [5.41, 5.74) is 4.84. The van der Waals surface area contributed by atoms with E-state index in [1.807, 2.05) is 0 Å². The fourth-order valence-corrected chi connectivity index (χ4v) is 0.275. The van der Waals surface area contributed by atoms with Gasteiger partial charge in [-0.3, -0.25) is 9.59 Å². The summed E-state index contributed by atoms with van der Waals surface area (Å²) in [4.78, 5) is 19.6. The summed E-state index contributed by atoms with van der Waals surface area (Å²) in [7, 11) is 0. The predicted octanol–water partition coefficient (Wildman–Crippen LogP) is -1.28. The van der Waals surface area contributed by atoms with Gasteiger partial charge in [0, 0.05) is 0 Å². The van der Waals surface area contributed by atoms with Crippen LogP contribution in [-0.2, 0) is 9.59 Å². The molecule has 0 aromatic rings. The maximum Gasteiger partial charge on any atom is 2.00 e. The molecule has 6 heteroatoms. The molecule has 10 heavy (non-hydrogen) atoms. The molecule has 0 heterocycles. The number of carbonyl (C=O) groups is 2. The second-order valence-corrected chi connectivity index (χ2v) is 1.54. The van der Waals surface area contributed by atoms with Crippen LogP contribution in [0.3, 0.4) is 0 Å². The quantitative estimate of drug-likeness (QED) is 0.464. The molecule has 0 aliphatic heterocycles. The monoisotopic (exact) mass is 175 g/mol. The molecular formula is C4H9CaNO4. The Morgan fingerprint density at radius 2 is 1.90 bits per heavy atom. The van der Waals surface area contributed by atoms with Crippen molar-refractivity contribution in [1.29, 1.82) is 0 Å². The third-order valence-electron chi connectivity index (χ3n) is 0.712. The maximum atomic E-state index is 9.85. The summed E-state index contributed by atoms with van der Waals surface area (Å²) < 4.78 is 0. The number of aliphatic carboxylic acids is 2. The van der Waals surface area contributed by atoms with Gasteiger partial charge in [0.15, 0.2) is 0 Å². The summed E-state index contributed by atoms with van der Waals surface area (Å²) >= 11 is 0. The summed E-state index contributed by atoms with van der Waals surface area (Å²) in [5.74, 6) is -2.50. The van der Waals surface area contributed by atoms with Gasteiger partial charge < -0.3 is 18.8 Å². The molecule has 0 radical (unpaired) electrons. The molecule has 0 spiro atoms. The molecule has 56 valence electrons. The van der Waals surface area contributed by atoms with Crippen molar-refractivity contribution in [2.45, 2.75) is 12.5 Å². The minimum Gasteiger partial charge on any atom is -1.00 e. The van der Waals surface area contributed by atoms with Crippen molar-refractivity contribution in [2.24, 2.45) is 5.73 Å². The fraction of sp³-hybridized carbons (Fsp3) is 0.500. The number of rotatable bonds is 3. The van der Waals surface area contributed by atoms with E-state index >= 15 is 0 Å². The van der Waals surface area contributed by atoms with E-state index in [4.69, 9.17) is 15.9 Å². The molecule has 0 unspecified atom stereocenters. The zero-order valence-electron chi connectivity index (χ0n) is 7.28. The van der Waals surface area contributed by atoms with Crippen LogP contribution in [0, 0.1) is 0 Å². The molecule has 0 fully saturated rings. The third kappa shape index (κ3) is 6.28. The van der Waals surface area contributed by atoms with Crippen LogP contribution in [0.1, 0.15) is 9.27 Å². The molecule has 0 aromatic carbocycles. The summed E-state index contributed by atoms with van der Waals surface area (Å²) in [6.07, 6.45) is -0.532. The number of hydrogen-bond donors (Lipinski definition) is 3. The van der Waals surface area contributed by atoms with E-state index in [2.05, 4.69) is 0 Å².